The Balaban J connectivity index is 3.79. The number of methoxy groups -OCH3 is 1. The Hall–Kier alpha value is -0.770. The molecule has 90 valence electrons. The molecule has 0 amide bonds. The SMILES string of the molecule is COC(C)(C)CN=C(N)NCCC(C)C. The van der Waals surface area contributed by atoms with Crippen LogP contribution in [-0.2, 0) is 4.74 Å². The van der Waals surface area contributed by atoms with Gasteiger partial charge in [-0.2, -0.15) is 0 Å². The minimum Gasteiger partial charge on any atom is -0.377 e. The molecule has 4 heteroatoms. The van der Waals surface area contributed by atoms with Crippen molar-refractivity contribution in [3.05, 3.63) is 0 Å². The highest BCUT2D eigenvalue weighted by molar-refractivity contribution is 5.77. The second-order valence-electron chi connectivity index (χ2n) is 4.77. The molecular weight excluding hydrogens is 190 g/mol. The zero-order chi connectivity index (χ0) is 11.9. The lowest BCUT2D eigenvalue weighted by molar-refractivity contribution is 0.0311. The molecule has 4 nitrogen and oxygen atoms in total. The molecule has 0 aliphatic heterocycles. The van der Waals surface area contributed by atoms with Gasteiger partial charge in [-0.1, -0.05) is 13.8 Å². The van der Waals surface area contributed by atoms with Gasteiger partial charge in [0, 0.05) is 13.7 Å². The maximum atomic E-state index is 5.71. The largest absolute Gasteiger partial charge is 0.377 e. The van der Waals surface area contributed by atoms with Gasteiger partial charge >= 0.3 is 0 Å². The molecule has 0 fully saturated rings. The Morgan fingerprint density at radius 3 is 2.53 bits per heavy atom. The van der Waals surface area contributed by atoms with E-state index in [2.05, 4.69) is 24.2 Å². The van der Waals surface area contributed by atoms with E-state index in [1.165, 1.54) is 0 Å². The second-order valence-corrected chi connectivity index (χ2v) is 4.77. The first-order valence-corrected chi connectivity index (χ1v) is 5.46. The van der Waals surface area contributed by atoms with Gasteiger partial charge in [0.2, 0.25) is 0 Å². The third-order valence-electron chi connectivity index (χ3n) is 2.21. The van der Waals surface area contributed by atoms with Crippen LogP contribution in [0.3, 0.4) is 0 Å². The first kappa shape index (κ1) is 14.2. The van der Waals surface area contributed by atoms with Crippen LogP contribution >= 0.6 is 0 Å². The minimum atomic E-state index is -0.246. The zero-order valence-electron chi connectivity index (χ0n) is 10.6. The number of nitrogens with zero attached hydrogens (tertiary/aromatic N) is 1. The van der Waals surface area contributed by atoms with Crippen molar-refractivity contribution >= 4 is 5.96 Å². The molecule has 3 N–H and O–H groups in total. The Kier molecular flexibility index (Phi) is 6.32. The van der Waals surface area contributed by atoms with E-state index >= 15 is 0 Å². The van der Waals surface area contributed by atoms with Crippen molar-refractivity contribution in [2.24, 2.45) is 16.6 Å². The smallest absolute Gasteiger partial charge is 0.188 e. The van der Waals surface area contributed by atoms with Crippen LogP contribution in [-0.4, -0.2) is 31.8 Å². The quantitative estimate of drug-likeness (QED) is 0.519. The topological polar surface area (TPSA) is 59.6 Å². The lowest BCUT2D eigenvalue weighted by Gasteiger charge is -2.20. The molecule has 0 aliphatic carbocycles. The van der Waals surface area contributed by atoms with Gasteiger partial charge in [0.15, 0.2) is 5.96 Å². The van der Waals surface area contributed by atoms with Crippen LogP contribution in [0.5, 0.6) is 0 Å². The van der Waals surface area contributed by atoms with Crippen LogP contribution in [0.2, 0.25) is 0 Å². The summed E-state index contributed by atoms with van der Waals surface area (Å²) in [6, 6.07) is 0. The fourth-order valence-electron chi connectivity index (χ4n) is 0.885. The Morgan fingerprint density at radius 1 is 1.47 bits per heavy atom. The molecule has 0 rings (SSSR count). The van der Waals surface area contributed by atoms with E-state index < -0.39 is 0 Å². The molecule has 0 heterocycles. The van der Waals surface area contributed by atoms with Gasteiger partial charge in [-0.15, -0.1) is 0 Å². The van der Waals surface area contributed by atoms with E-state index in [0.29, 0.717) is 18.4 Å². The predicted molar refractivity (Wildman–Crippen MR) is 65.0 cm³/mol. The van der Waals surface area contributed by atoms with Gasteiger partial charge in [-0.05, 0) is 26.2 Å². The summed E-state index contributed by atoms with van der Waals surface area (Å²) in [5, 5.41) is 3.08. The maximum Gasteiger partial charge on any atom is 0.188 e. The van der Waals surface area contributed by atoms with E-state index in [4.69, 9.17) is 10.5 Å². The first-order valence-electron chi connectivity index (χ1n) is 5.46. The predicted octanol–water partition coefficient (Wildman–Crippen LogP) is 1.36. The molecule has 0 bridgehead atoms. The van der Waals surface area contributed by atoms with Gasteiger partial charge in [0.05, 0.1) is 12.1 Å². The first-order chi connectivity index (χ1) is 6.87. The lowest BCUT2D eigenvalue weighted by atomic mass is 10.1. The van der Waals surface area contributed by atoms with Gasteiger partial charge in [-0.3, -0.25) is 4.99 Å². The number of hydrogen-bond acceptors (Lipinski definition) is 2. The number of guanidine groups is 1. The number of nitrogens with two attached hydrogens (primary N) is 1. The van der Waals surface area contributed by atoms with Crippen LogP contribution in [0.25, 0.3) is 0 Å². The third kappa shape index (κ3) is 8.24. The van der Waals surface area contributed by atoms with Crippen molar-refractivity contribution < 1.29 is 4.74 Å². The van der Waals surface area contributed by atoms with E-state index in [0.717, 1.165) is 13.0 Å². The van der Waals surface area contributed by atoms with Crippen molar-refractivity contribution in [3.8, 4) is 0 Å². The van der Waals surface area contributed by atoms with Crippen LogP contribution in [0.15, 0.2) is 4.99 Å². The van der Waals surface area contributed by atoms with Crippen LogP contribution in [0, 0.1) is 5.92 Å². The highest BCUT2D eigenvalue weighted by atomic mass is 16.5. The van der Waals surface area contributed by atoms with Crippen molar-refractivity contribution in [1.29, 1.82) is 0 Å². The summed E-state index contributed by atoms with van der Waals surface area (Å²) >= 11 is 0. The molecular formula is C11H25N3O. The molecule has 0 saturated heterocycles. The number of rotatable bonds is 6. The summed E-state index contributed by atoms with van der Waals surface area (Å²) in [5.74, 6) is 1.18. The molecule has 0 saturated carbocycles. The number of ether oxygens (including phenoxy) is 1. The van der Waals surface area contributed by atoms with E-state index in [9.17, 15) is 0 Å². The van der Waals surface area contributed by atoms with Crippen molar-refractivity contribution in [3.63, 3.8) is 0 Å². The number of aliphatic imine (C=N–C) groups is 1. The summed E-state index contributed by atoms with van der Waals surface area (Å²) in [5.41, 5.74) is 5.46. The third-order valence-corrected chi connectivity index (χ3v) is 2.21. The number of nitrogens with one attached hydrogen (secondary N) is 1. The summed E-state index contributed by atoms with van der Waals surface area (Å²) in [4.78, 5) is 4.22. The van der Waals surface area contributed by atoms with Crippen molar-refractivity contribution in [1.82, 2.24) is 5.32 Å². The average Bonchev–Trinajstić information content (AvgIpc) is 2.14. The van der Waals surface area contributed by atoms with Crippen LogP contribution in [0.4, 0.5) is 0 Å². The normalized spacial score (nSPS) is 13.3. The molecule has 0 atom stereocenters. The van der Waals surface area contributed by atoms with Gasteiger partial charge in [0.25, 0.3) is 0 Å². The molecule has 0 unspecified atom stereocenters. The van der Waals surface area contributed by atoms with Crippen molar-refractivity contribution in [2.45, 2.75) is 39.7 Å². The van der Waals surface area contributed by atoms with Gasteiger partial charge < -0.3 is 15.8 Å². The van der Waals surface area contributed by atoms with Crippen molar-refractivity contribution in [2.75, 3.05) is 20.2 Å². The van der Waals surface area contributed by atoms with Gasteiger partial charge in [0.1, 0.15) is 0 Å². The second kappa shape index (κ2) is 6.67. The molecule has 0 aromatic heterocycles. The molecule has 0 aliphatic rings. The fraction of sp³-hybridized carbons (Fsp3) is 0.909. The molecule has 0 aromatic carbocycles. The van der Waals surface area contributed by atoms with E-state index in [1.54, 1.807) is 7.11 Å². The Labute approximate surface area is 93.3 Å². The lowest BCUT2D eigenvalue weighted by Crippen LogP contribution is -2.35. The highest BCUT2D eigenvalue weighted by Crippen LogP contribution is 2.06. The molecule has 0 radical (unpaired) electrons. The van der Waals surface area contributed by atoms with E-state index in [1.807, 2.05) is 13.8 Å². The van der Waals surface area contributed by atoms with Crippen LogP contribution in [0.1, 0.15) is 34.1 Å². The monoisotopic (exact) mass is 215 g/mol. The number of hydrogen-bond donors (Lipinski definition) is 2. The minimum absolute atomic E-state index is 0.246. The molecule has 0 spiro atoms. The van der Waals surface area contributed by atoms with E-state index in [-0.39, 0.29) is 5.60 Å². The zero-order valence-corrected chi connectivity index (χ0v) is 10.6. The molecule has 0 aromatic rings. The summed E-state index contributed by atoms with van der Waals surface area (Å²) in [7, 11) is 1.68. The standard InChI is InChI=1S/C11H25N3O/c1-9(2)6-7-13-10(12)14-8-11(3,4)15-5/h9H,6-8H2,1-5H3,(H3,12,13,14). The fourth-order valence-corrected chi connectivity index (χ4v) is 0.885. The van der Waals surface area contributed by atoms with Gasteiger partial charge in [-0.25, -0.2) is 0 Å². The summed E-state index contributed by atoms with van der Waals surface area (Å²) in [6.07, 6.45) is 1.10. The molecule has 15 heavy (non-hydrogen) atoms. The summed E-state index contributed by atoms with van der Waals surface area (Å²) < 4.78 is 5.24. The highest BCUT2D eigenvalue weighted by Gasteiger charge is 2.15. The average molecular weight is 215 g/mol. The van der Waals surface area contributed by atoms with Crippen LogP contribution < -0.4 is 11.1 Å². The summed E-state index contributed by atoms with van der Waals surface area (Å²) in [6.45, 7) is 9.78. The maximum absolute atomic E-state index is 5.71. The Bertz CT molecular complexity index is 200. The Morgan fingerprint density at radius 2 is 2.07 bits per heavy atom.